The first-order valence-corrected chi connectivity index (χ1v) is 4.27. The van der Waals surface area contributed by atoms with Gasteiger partial charge in [0.1, 0.15) is 0 Å². The van der Waals surface area contributed by atoms with Crippen LogP contribution in [0.3, 0.4) is 0 Å². The van der Waals surface area contributed by atoms with Gasteiger partial charge in [0.25, 0.3) is 11.9 Å². The number of hydrogen-bond donors (Lipinski definition) is 4. The summed E-state index contributed by atoms with van der Waals surface area (Å²) >= 11 is 0. The van der Waals surface area contributed by atoms with E-state index in [0.717, 1.165) is 40.0 Å². The first-order valence-electron chi connectivity index (χ1n) is 4.27. The maximum atomic E-state index is 9.00. The smallest absolute Gasteiger partial charge is 0.300 e. The summed E-state index contributed by atoms with van der Waals surface area (Å²) in [5.41, 5.74) is 0. The molecule has 0 spiro atoms. The van der Waals surface area contributed by atoms with Crippen LogP contribution in [0, 0.1) is 0 Å². The zero-order valence-electron chi connectivity index (χ0n) is 8.54. The monoisotopic (exact) mass is 206 g/mol. The Labute approximate surface area is 83.3 Å². The van der Waals surface area contributed by atoms with Crippen LogP contribution in [-0.2, 0) is 9.59 Å². The highest BCUT2D eigenvalue weighted by Gasteiger charge is 1.91. The summed E-state index contributed by atoms with van der Waals surface area (Å²) in [4.78, 5) is 18.0. The van der Waals surface area contributed by atoms with E-state index in [-0.39, 0.29) is 0 Å². The van der Waals surface area contributed by atoms with Crippen LogP contribution >= 0.6 is 0 Å². The molecule has 0 atom stereocenters. The molecule has 1 heterocycles. The highest BCUT2D eigenvalue weighted by molar-refractivity contribution is 5.63. The second-order valence-corrected chi connectivity index (χ2v) is 2.54. The van der Waals surface area contributed by atoms with Gasteiger partial charge in [-0.1, -0.05) is 0 Å². The van der Waals surface area contributed by atoms with Crippen LogP contribution in [0.4, 0.5) is 0 Å². The standard InChI is InChI=1S/C4H10N2.2C2H4O2/c1-2-6-4-3-5-1;2*1-2(3)4/h5-6H,1-4H2;2*1H3,(H,3,4). The Balaban J connectivity index is 0. The van der Waals surface area contributed by atoms with Gasteiger partial charge in [-0.25, -0.2) is 0 Å². The van der Waals surface area contributed by atoms with E-state index >= 15 is 0 Å². The van der Waals surface area contributed by atoms with Crippen molar-refractivity contribution in [1.29, 1.82) is 0 Å². The van der Waals surface area contributed by atoms with Crippen molar-refractivity contribution < 1.29 is 19.8 Å². The highest BCUT2D eigenvalue weighted by Crippen LogP contribution is 1.65. The molecule has 0 unspecified atom stereocenters. The summed E-state index contributed by atoms with van der Waals surface area (Å²) in [7, 11) is 0. The Morgan fingerprint density at radius 3 is 1.07 bits per heavy atom. The van der Waals surface area contributed by atoms with Gasteiger partial charge in [0.2, 0.25) is 0 Å². The van der Waals surface area contributed by atoms with Crippen LogP contribution in [0.25, 0.3) is 0 Å². The summed E-state index contributed by atoms with van der Waals surface area (Å²) in [5.74, 6) is -1.67. The third-order valence-electron chi connectivity index (χ3n) is 0.957. The molecule has 0 aliphatic carbocycles. The molecule has 0 amide bonds. The largest absolute Gasteiger partial charge is 0.481 e. The fourth-order valence-electron chi connectivity index (χ4n) is 0.604. The maximum absolute atomic E-state index is 9.00. The number of carbonyl (C=O) groups is 2. The maximum Gasteiger partial charge on any atom is 0.300 e. The summed E-state index contributed by atoms with van der Waals surface area (Å²) in [5, 5.41) is 21.3. The van der Waals surface area contributed by atoms with E-state index in [2.05, 4.69) is 10.6 Å². The second kappa shape index (κ2) is 11.9. The lowest BCUT2D eigenvalue weighted by Gasteiger charge is -2.11. The van der Waals surface area contributed by atoms with Gasteiger partial charge in [0.05, 0.1) is 0 Å². The van der Waals surface area contributed by atoms with Crippen molar-refractivity contribution in [2.45, 2.75) is 13.8 Å². The van der Waals surface area contributed by atoms with Gasteiger partial charge >= 0.3 is 0 Å². The van der Waals surface area contributed by atoms with E-state index in [1.54, 1.807) is 0 Å². The van der Waals surface area contributed by atoms with E-state index in [0.29, 0.717) is 0 Å². The molecule has 0 aromatic heterocycles. The first-order chi connectivity index (χ1) is 6.46. The Bertz CT molecular complexity index is 126. The molecular formula is C8H18N2O4. The molecule has 6 heteroatoms. The molecule has 6 nitrogen and oxygen atoms in total. The van der Waals surface area contributed by atoms with Crippen LogP contribution in [0.2, 0.25) is 0 Å². The van der Waals surface area contributed by atoms with Crippen molar-refractivity contribution in [3.8, 4) is 0 Å². The Morgan fingerprint density at radius 1 is 0.857 bits per heavy atom. The third kappa shape index (κ3) is 44.7. The Hall–Kier alpha value is -1.14. The van der Waals surface area contributed by atoms with Crippen LogP contribution in [0.15, 0.2) is 0 Å². The predicted molar refractivity (Wildman–Crippen MR) is 52.4 cm³/mol. The quantitative estimate of drug-likeness (QED) is 0.421. The van der Waals surface area contributed by atoms with Crippen LogP contribution in [0.1, 0.15) is 13.8 Å². The lowest BCUT2D eigenvalue weighted by molar-refractivity contribution is -0.135. The topological polar surface area (TPSA) is 98.7 Å². The van der Waals surface area contributed by atoms with Crippen LogP contribution in [0.5, 0.6) is 0 Å². The zero-order chi connectivity index (χ0) is 11.4. The van der Waals surface area contributed by atoms with Crippen molar-refractivity contribution in [3.63, 3.8) is 0 Å². The fourth-order valence-corrected chi connectivity index (χ4v) is 0.604. The lowest BCUT2D eigenvalue weighted by atomic mass is 10.4. The molecule has 4 N–H and O–H groups in total. The molecule has 1 fully saturated rings. The van der Waals surface area contributed by atoms with E-state index in [1.165, 1.54) is 0 Å². The molecular weight excluding hydrogens is 188 g/mol. The summed E-state index contributed by atoms with van der Waals surface area (Å²) < 4.78 is 0. The summed E-state index contributed by atoms with van der Waals surface area (Å²) in [6, 6.07) is 0. The molecule has 1 aliphatic rings. The second-order valence-electron chi connectivity index (χ2n) is 2.54. The van der Waals surface area contributed by atoms with Gasteiger partial charge in [0, 0.05) is 40.0 Å². The molecule has 84 valence electrons. The normalized spacial score (nSPS) is 13.9. The highest BCUT2D eigenvalue weighted by atomic mass is 16.4. The Kier molecular flexibility index (Phi) is 13.0. The average Bonchev–Trinajstić information content (AvgIpc) is 2.05. The number of carboxylic acid groups (broad SMARTS) is 2. The fraction of sp³-hybridized carbons (Fsp3) is 0.750. The van der Waals surface area contributed by atoms with Gasteiger partial charge in [-0.2, -0.15) is 0 Å². The van der Waals surface area contributed by atoms with Gasteiger partial charge in [0.15, 0.2) is 0 Å². The van der Waals surface area contributed by atoms with Crippen molar-refractivity contribution >= 4 is 11.9 Å². The van der Waals surface area contributed by atoms with Gasteiger partial charge < -0.3 is 20.8 Å². The molecule has 1 aliphatic heterocycles. The number of nitrogens with one attached hydrogen (secondary N) is 2. The first kappa shape index (κ1) is 15.3. The van der Waals surface area contributed by atoms with Gasteiger partial charge in [-0.05, 0) is 0 Å². The number of rotatable bonds is 0. The number of hydrogen-bond acceptors (Lipinski definition) is 4. The van der Waals surface area contributed by atoms with Crippen LogP contribution < -0.4 is 10.6 Å². The van der Waals surface area contributed by atoms with Crippen molar-refractivity contribution in [3.05, 3.63) is 0 Å². The summed E-state index contributed by atoms with van der Waals surface area (Å²) in [6.45, 7) is 6.72. The number of carboxylic acids is 2. The molecule has 0 saturated carbocycles. The van der Waals surface area contributed by atoms with E-state index in [9.17, 15) is 0 Å². The molecule has 0 aromatic carbocycles. The third-order valence-corrected chi connectivity index (χ3v) is 0.957. The number of piperazine rings is 1. The van der Waals surface area contributed by atoms with Gasteiger partial charge in [-0.3, -0.25) is 9.59 Å². The van der Waals surface area contributed by atoms with E-state index in [4.69, 9.17) is 19.8 Å². The molecule has 1 saturated heterocycles. The summed E-state index contributed by atoms with van der Waals surface area (Å²) in [6.07, 6.45) is 0. The minimum atomic E-state index is -0.833. The average molecular weight is 206 g/mol. The van der Waals surface area contributed by atoms with Crippen molar-refractivity contribution in [1.82, 2.24) is 10.6 Å². The van der Waals surface area contributed by atoms with Crippen molar-refractivity contribution in [2.24, 2.45) is 0 Å². The van der Waals surface area contributed by atoms with E-state index in [1.807, 2.05) is 0 Å². The SMILES string of the molecule is C1CNCCN1.CC(=O)O.CC(=O)O. The minimum Gasteiger partial charge on any atom is -0.481 e. The minimum absolute atomic E-state index is 0.833. The van der Waals surface area contributed by atoms with Gasteiger partial charge in [-0.15, -0.1) is 0 Å². The predicted octanol–water partition coefficient (Wildman–Crippen LogP) is -0.639. The zero-order valence-corrected chi connectivity index (χ0v) is 8.54. The van der Waals surface area contributed by atoms with E-state index < -0.39 is 11.9 Å². The van der Waals surface area contributed by atoms with Crippen LogP contribution in [-0.4, -0.2) is 48.3 Å². The Morgan fingerprint density at radius 2 is 1.00 bits per heavy atom. The molecule has 1 rings (SSSR count). The number of aliphatic carboxylic acids is 2. The molecule has 14 heavy (non-hydrogen) atoms. The molecule has 0 bridgehead atoms. The molecule has 0 aromatic rings. The molecule has 0 radical (unpaired) electrons. The lowest BCUT2D eigenvalue weighted by Crippen LogP contribution is -2.39. The van der Waals surface area contributed by atoms with Crippen molar-refractivity contribution in [2.75, 3.05) is 26.2 Å².